The van der Waals surface area contributed by atoms with Gasteiger partial charge in [0.05, 0.1) is 19.9 Å². The van der Waals surface area contributed by atoms with Crippen LogP contribution in [-0.4, -0.2) is 23.5 Å². The number of nitrogens with zero attached hydrogens (tertiary/aromatic N) is 2. The van der Waals surface area contributed by atoms with Crippen LogP contribution in [0.3, 0.4) is 0 Å². The van der Waals surface area contributed by atoms with Crippen molar-refractivity contribution in [1.29, 1.82) is 0 Å². The zero-order valence-corrected chi connectivity index (χ0v) is 13.1. The molecule has 2 aromatic rings. The van der Waals surface area contributed by atoms with Crippen molar-refractivity contribution in [2.45, 2.75) is 33.4 Å². The molecule has 1 aromatic carbocycles. The van der Waals surface area contributed by atoms with Crippen LogP contribution in [-0.2, 0) is 6.54 Å². The lowest BCUT2D eigenvalue weighted by Gasteiger charge is -2.12. The predicted molar refractivity (Wildman–Crippen MR) is 84.1 cm³/mol. The van der Waals surface area contributed by atoms with Crippen molar-refractivity contribution in [3.63, 3.8) is 0 Å². The highest BCUT2D eigenvalue weighted by atomic mass is 16.5. The second-order valence-corrected chi connectivity index (χ2v) is 5.07. The molecule has 0 aliphatic carbocycles. The fourth-order valence-electron chi connectivity index (χ4n) is 2.01. The summed E-state index contributed by atoms with van der Waals surface area (Å²) in [6, 6.07) is 6.23. The third-order valence-electron chi connectivity index (χ3n) is 3.14. The first-order valence-corrected chi connectivity index (χ1v) is 7.21. The van der Waals surface area contributed by atoms with Crippen molar-refractivity contribution >= 4 is 5.69 Å². The first-order valence-electron chi connectivity index (χ1n) is 7.21. The molecule has 0 radical (unpaired) electrons. The summed E-state index contributed by atoms with van der Waals surface area (Å²) >= 11 is 0. The molecule has 1 N–H and O–H groups in total. The van der Waals surface area contributed by atoms with Crippen LogP contribution >= 0.6 is 0 Å². The Balaban J connectivity index is 2.02. The summed E-state index contributed by atoms with van der Waals surface area (Å²) in [5.74, 6) is 1.50. The standard InChI is InChI=1S/C16H23N3O2/c1-5-21-15-7-6-14(8-16(15)20-4)17-9-13-10-18-19(11-13)12(2)3/h6-8,10-12,17H,5,9H2,1-4H3. The first-order chi connectivity index (χ1) is 10.1. The average molecular weight is 289 g/mol. The monoisotopic (exact) mass is 289 g/mol. The summed E-state index contributed by atoms with van der Waals surface area (Å²) in [4.78, 5) is 0. The maximum atomic E-state index is 5.51. The maximum absolute atomic E-state index is 5.51. The molecular formula is C16H23N3O2. The predicted octanol–water partition coefficient (Wildman–Crippen LogP) is 3.48. The SMILES string of the molecule is CCOc1ccc(NCc2cnn(C(C)C)c2)cc1OC. The van der Waals surface area contributed by atoms with Gasteiger partial charge >= 0.3 is 0 Å². The number of benzene rings is 1. The van der Waals surface area contributed by atoms with E-state index in [9.17, 15) is 0 Å². The molecule has 114 valence electrons. The largest absolute Gasteiger partial charge is 0.493 e. The van der Waals surface area contributed by atoms with Gasteiger partial charge in [-0.1, -0.05) is 0 Å². The molecule has 1 heterocycles. The van der Waals surface area contributed by atoms with Crippen molar-refractivity contribution in [3.8, 4) is 11.5 Å². The Kier molecular flexibility index (Phi) is 5.09. The fraction of sp³-hybridized carbons (Fsp3) is 0.438. The minimum Gasteiger partial charge on any atom is -0.493 e. The van der Waals surface area contributed by atoms with Crippen LogP contribution in [0.4, 0.5) is 5.69 Å². The molecule has 0 aliphatic rings. The number of rotatable bonds is 7. The van der Waals surface area contributed by atoms with Gasteiger partial charge in [-0.05, 0) is 32.9 Å². The highest BCUT2D eigenvalue weighted by molar-refractivity contribution is 5.54. The Morgan fingerprint density at radius 3 is 2.71 bits per heavy atom. The van der Waals surface area contributed by atoms with Gasteiger partial charge < -0.3 is 14.8 Å². The van der Waals surface area contributed by atoms with Crippen molar-refractivity contribution < 1.29 is 9.47 Å². The van der Waals surface area contributed by atoms with Gasteiger partial charge in [-0.2, -0.15) is 5.10 Å². The molecule has 2 rings (SSSR count). The second kappa shape index (κ2) is 7.02. The van der Waals surface area contributed by atoms with Crippen LogP contribution in [0.25, 0.3) is 0 Å². The Morgan fingerprint density at radius 1 is 1.29 bits per heavy atom. The molecule has 5 heteroatoms. The molecule has 5 nitrogen and oxygen atoms in total. The Hall–Kier alpha value is -2.17. The quantitative estimate of drug-likeness (QED) is 0.847. The number of hydrogen-bond donors (Lipinski definition) is 1. The molecule has 1 aromatic heterocycles. The minimum absolute atomic E-state index is 0.379. The highest BCUT2D eigenvalue weighted by Gasteiger charge is 2.06. The first kappa shape index (κ1) is 15.2. The van der Waals surface area contributed by atoms with Gasteiger partial charge in [0.1, 0.15) is 0 Å². The Labute approximate surface area is 125 Å². The lowest BCUT2D eigenvalue weighted by Crippen LogP contribution is -2.02. The van der Waals surface area contributed by atoms with Gasteiger partial charge in [0.2, 0.25) is 0 Å². The molecule has 0 aliphatic heterocycles. The van der Waals surface area contributed by atoms with E-state index in [1.807, 2.05) is 36.0 Å². The topological polar surface area (TPSA) is 48.3 Å². The lowest BCUT2D eigenvalue weighted by atomic mass is 10.2. The molecule has 0 bridgehead atoms. The molecule has 0 saturated carbocycles. The summed E-state index contributed by atoms with van der Waals surface area (Å²) < 4.78 is 12.8. The van der Waals surface area contributed by atoms with Crippen LogP contribution in [0, 0.1) is 0 Å². The number of nitrogens with one attached hydrogen (secondary N) is 1. The molecule has 0 amide bonds. The summed E-state index contributed by atoms with van der Waals surface area (Å²) in [6.07, 6.45) is 3.95. The Bertz CT molecular complexity index is 579. The molecular weight excluding hydrogens is 266 g/mol. The van der Waals surface area contributed by atoms with E-state index >= 15 is 0 Å². The normalized spacial score (nSPS) is 10.7. The maximum Gasteiger partial charge on any atom is 0.162 e. The number of aromatic nitrogens is 2. The van der Waals surface area contributed by atoms with E-state index in [0.717, 1.165) is 29.3 Å². The molecule has 21 heavy (non-hydrogen) atoms. The van der Waals surface area contributed by atoms with Crippen LogP contribution in [0.15, 0.2) is 30.6 Å². The van der Waals surface area contributed by atoms with E-state index in [0.29, 0.717) is 12.6 Å². The molecule has 0 spiro atoms. The summed E-state index contributed by atoms with van der Waals surface area (Å²) in [7, 11) is 1.65. The number of hydrogen-bond acceptors (Lipinski definition) is 4. The van der Waals surface area contributed by atoms with Gasteiger partial charge in [0.15, 0.2) is 11.5 Å². The minimum atomic E-state index is 0.379. The van der Waals surface area contributed by atoms with Gasteiger partial charge in [0.25, 0.3) is 0 Å². The molecule has 0 saturated heterocycles. The van der Waals surface area contributed by atoms with Crippen LogP contribution in [0.2, 0.25) is 0 Å². The summed E-state index contributed by atoms with van der Waals surface area (Å²) in [5, 5.41) is 7.70. The number of methoxy groups -OCH3 is 1. The zero-order chi connectivity index (χ0) is 15.2. The Morgan fingerprint density at radius 2 is 2.10 bits per heavy atom. The van der Waals surface area contributed by atoms with Gasteiger partial charge in [0, 0.05) is 36.1 Å². The molecule has 0 atom stereocenters. The smallest absolute Gasteiger partial charge is 0.162 e. The van der Waals surface area contributed by atoms with E-state index in [-0.39, 0.29) is 0 Å². The van der Waals surface area contributed by atoms with E-state index in [1.165, 1.54) is 0 Å². The molecule has 0 fully saturated rings. The summed E-state index contributed by atoms with van der Waals surface area (Å²) in [5.41, 5.74) is 2.14. The molecule has 0 unspecified atom stereocenters. The van der Waals surface area contributed by atoms with Crippen molar-refractivity contribution in [2.75, 3.05) is 19.0 Å². The van der Waals surface area contributed by atoms with Crippen molar-refractivity contribution in [3.05, 3.63) is 36.2 Å². The summed E-state index contributed by atoms with van der Waals surface area (Å²) in [6.45, 7) is 7.53. The van der Waals surface area contributed by atoms with Gasteiger partial charge in [-0.15, -0.1) is 0 Å². The zero-order valence-electron chi connectivity index (χ0n) is 13.1. The fourth-order valence-corrected chi connectivity index (χ4v) is 2.01. The van der Waals surface area contributed by atoms with Gasteiger partial charge in [-0.25, -0.2) is 0 Å². The lowest BCUT2D eigenvalue weighted by molar-refractivity contribution is 0.311. The third-order valence-corrected chi connectivity index (χ3v) is 3.14. The van der Waals surface area contributed by atoms with Crippen LogP contribution in [0.1, 0.15) is 32.4 Å². The van der Waals surface area contributed by atoms with Gasteiger partial charge in [-0.3, -0.25) is 4.68 Å². The van der Waals surface area contributed by atoms with Crippen molar-refractivity contribution in [2.24, 2.45) is 0 Å². The van der Waals surface area contributed by atoms with E-state index in [2.05, 4.69) is 30.5 Å². The van der Waals surface area contributed by atoms with E-state index in [1.54, 1.807) is 7.11 Å². The third kappa shape index (κ3) is 3.90. The van der Waals surface area contributed by atoms with E-state index in [4.69, 9.17) is 9.47 Å². The van der Waals surface area contributed by atoms with Crippen LogP contribution in [0.5, 0.6) is 11.5 Å². The van der Waals surface area contributed by atoms with E-state index < -0.39 is 0 Å². The number of anilines is 1. The van der Waals surface area contributed by atoms with Crippen LogP contribution < -0.4 is 14.8 Å². The second-order valence-electron chi connectivity index (χ2n) is 5.07. The average Bonchev–Trinajstić information content (AvgIpc) is 2.95. The highest BCUT2D eigenvalue weighted by Crippen LogP contribution is 2.30. The number of ether oxygens (including phenoxy) is 2. The van der Waals surface area contributed by atoms with Crippen molar-refractivity contribution in [1.82, 2.24) is 9.78 Å².